The van der Waals surface area contributed by atoms with E-state index in [1.165, 1.54) is 37.7 Å². The maximum atomic E-state index is 13.5. The van der Waals surface area contributed by atoms with Crippen LogP contribution in [0.25, 0.3) is 0 Å². The van der Waals surface area contributed by atoms with Crippen molar-refractivity contribution in [2.24, 2.45) is 11.3 Å². The molecule has 2 heteroatoms. The summed E-state index contributed by atoms with van der Waals surface area (Å²) >= 11 is 0. The minimum absolute atomic E-state index is 0.0950. The molecular formula is C17H24FN. The van der Waals surface area contributed by atoms with E-state index in [2.05, 4.69) is 18.3 Å². The van der Waals surface area contributed by atoms with E-state index in [9.17, 15) is 4.39 Å². The highest BCUT2D eigenvalue weighted by molar-refractivity contribution is 5.25. The first-order valence-corrected chi connectivity index (χ1v) is 7.66. The maximum Gasteiger partial charge on any atom is 0.123 e. The molecule has 0 aromatic heterocycles. The number of rotatable bonds is 1. The van der Waals surface area contributed by atoms with E-state index in [1.54, 1.807) is 12.1 Å². The monoisotopic (exact) mass is 261 g/mol. The van der Waals surface area contributed by atoms with Crippen molar-refractivity contribution < 1.29 is 4.39 Å². The van der Waals surface area contributed by atoms with Crippen molar-refractivity contribution in [1.29, 1.82) is 0 Å². The summed E-state index contributed by atoms with van der Waals surface area (Å²) in [6.45, 7) is 4.50. The van der Waals surface area contributed by atoms with Crippen LogP contribution in [0, 0.1) is 17.2 Å². The van der Waals surface area contributed by atoms with Gasteiger partial charge in [-0.3, -0.25) is 0 Å². The molecule has 3 rings (SSSR count). The van der Waals surface area contributed by atoms with Crippen LogP contribution in [0.4, 0.5) is 4.39 Å². The Balaban J connectivity index is 1.89. The molecule has 1 aliphatic carbocycles. The summed E-state index contributed by atoms with van der Waals surface area (Å²) in [6, 6.07) is 7.27. The Hall–Kier alpha value is -0.890. The lowest BCUT2D eigenvalue weighted by atomic mass is 9.59. The van der Waals surface area contributed by atoms with E-state index < -0.39 is 0 Å². The highest BCUT2D eigenvalue weighted by Crippen LogP contribution is 2.51. The fourth-order valence-electron chi connectivity index (χ4n) is 4.10. The Labute approximate surface area is 115 Å². The summed E-state index contributed by atoms with van der Waals surface area (Å²) < 4.78 is 13.5. The van der Waals surface area contributed by atoms with Gasteiger partial charge in [-0.1, -0.05) is 31.9 Å². The van der Waals surface area contributed by atoms with Crippen LogP contribution in [0.5, 0.6) is 0 Å². The summed E-state index contributed by atoms with van der Waals surface area (Å²) in [5.41, 5.74) is 1.62. The molecule has 0 bridgehead atoms. The highest BCUT2D eigenvalue weighted by atomic mass is 19.1. The van der Waals surface area contributed by atoms with Crippen molar-refractivity contribution in [3.63, 3.8) is 0 Å². The summed E-state index contributed by atoms with van der Waals surface area (Å²) in [6.07, 6.45) is 6.56. The van der Waals surface area contributed by atoms with E-state index in [1.807, 2.05) is 6.07 Å². The van der Waals surface area contributed by atoms with Gasteiger partial charge in [0.15, 0.2) is 0 Å². The second kappa shape index (κ2) is 5.24. The van der Waals surface area contributed by atoms with Crippen LogP contribution < -0.4 is 5.32 Å². The van der Waals surface area contributed by atoms with Gasteiger partial charge in [-0.15, -0.1) is 0 Å². The van der Waals surface area contributed by atoms with Crippen molar-refractivity contribution in [1.82, 2.24) is 5.32 Å². The van der Waals surface area contributed by atoms with Crippen LogP contribution in [0.1, 0.15) is 50.5 Å². The first-order chi connectivity index (χ1) is 9.20. The average Bonchev–Trinajstić information content (AvgIpc) is 2.43. The summed E-state index contributed by atoms with van der Waals surface area (Å²) in [5, 5.41) is 3.51. The lowest BCUT2D eigenvalue weighted by Crippen LogP contribution is -2.45. The topological polar surface area (TPSA) is 12.0 Å². The molecule has 1 spiro atoms. The molecule has 2 aliphatic rings. The van der Waals surface area contributed by atoms with Gasteiger partial charge in [0.05, 0.1) is 0 Å². The average molecular weight is 261 g/mol. The first-order valence-electron chi connectivity index (χ1n) is 7.66. The van der Waals surface area contributed by atoms with E-state index in [4.69, 9.17) is 0 Å². The van der Waals surface area contributed by atoms with Crippen molar-refractivity contribution in [3.8, 4) is 0 Å². The largest absolute Gasteiger partial charge is 0.316 e. The predicted molar refractivity (Wildman–Crippen MR) is 76.7 cm³/mol. The van der Waals surface area contributed by atoms with Crippen molar-refractivity contribution in [2.45, 2.75) is 44.9 Å². The number of hydrogen-bond acceptors (Lipinski definition) is 1. The number of halogens is 1. The third kappa shape index (κ3) is 2.55. The number of piperidine rings is 1. The second-order valence-corrected chi connectivity index (χ2v) is 6.61. The van der Waals surface area contributed by atoms with Gasteiger partial charge >= 0.3 is 0 Å². The van der Waals surface area contributed by atoms with Crippen LogP contribution in [0.2, 0.25) is 0 Å². The molecule has 104 valence electrons. The van der Waals surface area contributed by atoms with Crippen molar-refractivity contribution in [2.75, 3.05) is 13.1 Å². The Kier molecular flexibility index (Phi) is 3.62. The SMILES string of the molecule is CC1CCC2(CCNCC2c2cccc(F)c2)CC1. The Bertz CT molecular complexity index is 435. The van der Waals surface area contributed by atoms with Crippen molar-refractivity contribution >= 4 is 0 Å². The molecule has 1 saturated heterocycles. The minimum atomic E-state index is -0.0950. The highest BCUT2D eigenvalue weighted by Gasteiger charge is 2.43. The third-order valence-electron chi connectivity index (χ3n) is 5.41. The molecule has 1 N–H and O–H groups in total. The predicted octanol–water partition coefficient (Wildman–Crippen LogP) is 4.10. The molecule has 1 aliphatic heterocycles. The smallest absolute Gasteiger partial charge is 0.123 e. The lowest BCUT2D eigenvalue weighted by molar-refractivity contribution is 0.0832. The normalized spacial score (nSPS) is 35.5. The summed E-state index contributed by atoms with van der Waals surface area (Å²) in [4.78, 5) is 0. The Morgan fingerprint density at radius 3 is 2.74 bits per heavy atom. The second-order valence-electron chi connectivity index (χ2n) is 6.61. The molecule has 2 fully saturated rings. The molecule has 1 nitrogen and oxygen atoms in total. The zero-order chi connectivity index (χ0) is 13.3. The van der Waals surface area contributed by atoms with Crippen LogP contribution in [-0.2, 0) is 0 Å². The molecule has 0 amide bonds. The summed E-state index contributed by atoms with van der Waals surface area (Å²) in [7, 11) is 0. The van der Waals surface area contributed by atoms with Gasteiger partial charge in [0.25, 0.3) is 0 Å². The van der Waals surface area contributed by atoms with Gasteiger partial charge in [-0.05, 0) is 54.8 Å². The molecule has 1 unspecified atom stereocenters. The fraction of sp³-hybridized carbons (Fsp3) is 0.647. The van der Waals surface area contributed by atoms with Gasteiger partial charge in [-0.25, -0.2) is 4.39 Å². The molecule has 1 atom stereocenters. The van der Waals surface area contributed by atoms with E-state index in [0.717, 1.165) is 19.0 Å². The molecule has 1 heterocycles. The number of benzene rings is 1. The van der Waals surface area contributed by atoms with Gasteiger partial charge in [0.1, 0.15) is 5.82 Å². The van der Waals surface area contributed by atoms with E-state index in [0.29, 0.717) is 11.3 Å². The van der Waals surface area contributed by atoms with Crippen LogP contribution >= 0.6 is 0 Å². The lowest BCUT2D eigenvalue weighted by Gasteiger charge is -2.48. The van der Waals surface area contributed by atoms with Crippen molar-refractivity contribution in [3.05, 3.63) is 35.6 Å². The van der Waals surface area contributed by atoms with Crippen LogP contribution in [0.3, 0.4) is 0 Å². The number of hydrogen-bond donors (Lipinski definition) is 1. The summed E-state index contributed by atoms with van der Waals surface area (Å²) in [5.74, 6) is 1.26. The zero-order valence-corrected chi connectivity index (χ0v) is 11.8. The quantitative estimate of drug-likeness (QED) is 0.802. The molecule has 0 radical (unpaired) electrons. The van der Waals surface area contributed by atoms with Crippen LogP contribution in [0.15, 0.2) is 24.3 Å². The van der Waals surface area contributed by atoms with Gasteiger partial charge in [0, 0.05) is 12.5 Å². The zero-order valence-electron chi connectivity index (χ0n) is 11.8. The Morgan fingerprint density at radius 1 is 1.21 bits per heavy atom. The van der Waals surface area contributed by atoms with Gasteiger partial charge < -0.3 is 5.32 Å². The maximum absolute atomic E-state index is 13.5. The molecule has 1 aromatic carbocycles. The fourth-order valence-corrected chi connectivity index (χ4v) is 4.10. The van der Waals surface area contributed by atoms with E-state index in [-0.39, 0.29) is 5.82 Å². The first kappa shape index (κ1) is 13.1. The number of nitrogens with one attached hydrogen (secondary N) is 1. The van der Waals surface area contributed by atoms with E-state index >= 15 is 0 Å². The standard InChI is InChI=1S/C17H24FN/c1-13-5-7-17(8-6-13)9-10-19-12-16(17)14-3-2-4-15(18)11-14/h2-4,11,13,16,19H,5-10,12H2,1H3. The Morgan fingerprint density at radius 2 is 2.00 bits per heavy atom. The third-order valence-corrected chi connectivity index (χ3v) is 5.41. The molecule has 1 aromatic rings. The van der Waals surface area contributed by atoms with Gasteiger partial charge in [0.2, 0.25) is 0 Å². The van der Waals surface area contributed by atoms with Gasteiger partial charge in [-0.2, -0.15) is 0 Å². The molecule has 1 saturated carbocycles. The molecular weight excluding hydrogens is 237 g/mol. The minimum Gasteiger partial charge on any atom is -0.316 e. The molecule has 19 heavy (non-hydrogen) atoms. The van der Waals surface area contributed by atoms with Crippen LogP contribution in [-0.4, -0.2) is 13.1 Å².